The Balaban J connectivity index is 2.10. The number of aryl methyl sites for hydroxylation is 3. The van der Waals surface area contributed by atoms with E-state index in [-0.39, 0.29) is 6.04 Å². The first-order valence-electron chi connectivity index (χ1n) is 5.31. The molecule has 2 heterocycles. The predicted octanol–water partition coefficient (Wildman–Crippen LogP) is 2.90. The molecule has 0 aliphatic rings. The van der Waals surface area contributed by atoms with Crippen LogP contribution in [0, 0.1) is 20.8 Å². The van der Waals surface area contributed by atoms with Crippen LogP contribution in [0.15, 0.2) is 16.5 Å². The van der Waals surface area contributed by atoms with Crippen molar-refractivity contribution < 1.29 is 4.42 Å². The highest BCUT2D eigenvalue weighted by Crippen LogP contribution is 2.23. The number of hydrogen-bond acceptors (Lipinski definition) is 4. The summed E-state index contributed by atoms with van der Waals surface area (Å²) in [6.07, 6.45) is 0.742. The van der Waals surface area contributed by atoms with Crippen LogP contribution < -0.4 is 5.73 Å². The minimum absolute atomic E-state index is 0.0985. The van der Waals surface area contributed by atoms with E-state index in [4.69, 9.17) is 10.2 Å². The first-order chi connectivity index (χ1) is 7.56. The molecule has 0 fully saturated rings. The fraction of sp³-hybridized carbons (Fsp3) is 0.417. The van der Waals surface area contributed by atoms with Crippen LogP contribution in [-0.2, 0) is 6.42 Å². The number of furan rings is 1. The van der Waals surface area contributed by atoms with Crippen LogP contribution >= 0.6 is 11.3 Å². The summed E-state index contributed by atoms with van der Waals surface area (Å²) in [4.78, 5) is 5.74. The molecule has 16 heavy (non-hydrogen) atoms. The van der Waals surface area contributed by atoms with E-state index in [2.05, 4.69) is 11.9 Å². The molecule has 0 amide bonds. The summed E-state index contributed by atoms with van der Waals surface area (Å²) < 4.78 is 5.51. The molecular weight excluding hydrogens is 220 g/mol. The normalized spacial score (nSPS) is 13.0. The van der Waals surface area contributed by atoms with Crippen LogP contribution in [0.3, 0.4) is 0 Å². The van der Waals surface area contributed by atoms with E-state index in [0.29, 0.717) is 0 Å². The number of thiazole rings is 1. The van der Waals surface area contributed by atoms with E-state index in [1.54, 1.807) is 11.3 Å². The van der Waals surface area contributed by atoms with Gasteiger partial charge in [0.15, 0.2) is 0 Å². The van der Waals surface area contributed by atoms with E-state index in [1.165, 1.54) is 4.88 Å². The third kappa shape index (κ3) is 2.33. The van der Waals surface area contributed by atoms with Gasteiger partial charge in [-0.15, -0.1) is 11.3 Å². The van der Waals surface area contributed by atoms with E-state index in [0.717, 1.165) is 28.6 Å². The number of rotatable bonds is 3. The maximum Gasteiger partial charge on any atom is 0.121 e. The maximum atomic E-state index is 6.07. The highest BCUT2D eigenvalue weighted by molar-refractivity contribution is 7.11. The van der Waals surface area contributed by atoms with E-state index in [1.807, 2.05) is 26.0 Å². The fourth-order valence-corrected chi connectivity index (χ4v) is 2.56. The topological polar surface area (TPSA) is 52.0 Å². The fourth-order valence-electron chi connectivity index (χ4n) is 1.57. The summed E-state index contributed by atoms with van der Waals surface area (Å²) >= 11 is 1.71. The van der Waals surface area contributed by atoms with Crippen LogP contribution in [0.4, 0.5) is 0 Å². The van der Waals surface area contributed by atoms with Gasteiger partial charge in [0.25, 0.3) is 0 Å². The first-order valence-corrected chi connectivity index (χ1v) is 6.12. The second-order valence-corrected chi connectivity index (χ2v) is 5.30. The Morgan fingerprint density at radius 2 is 2.12 bits per heavy atom. The molecule has 0 saturated heterocycles. The molecule has 2 aromatic rings. The summed E-state index contributed by atoms with van der Waals surface area (Å²) in [5.74, 6) is 1.74. The van der Waals surface area contributed by atoms with Gasteiger partial charge in [0.05, 0.1) is 16.7 Å². The van der Waals surface area contributed by atoms with Gasteiger partial charge in [-0.1, -0.05) is 0 Å². The second-order valence-electron chi connectivity index (χ2n) is 4.01. The number of hydrogen-bond donors (Lipinski definition) is 1. The Labute approximate surface area is 99.3 Å². The van der Waals surface area contributed by atoms with Crippen LogP contribution in [0.5, 0.6) is 0 Å². The van der Waals surface area contributed by atoms with E-state index < -0.39 is 0 Å². The largest absolute Gasteiger partial charge is 0.465 e. The third-order valence-electron chi connectivity index (χ3n) is 2.59. The number of aromatic nitrogens is 1. The molecule has 0 radical (unpaired) electrons. The lowest BCUT2D eigenvalue weighted by atomic mass is 10.2. The minimum Gasteiger partial charge on any atom is -0.465 e. The van der Waals surface area contributed by atoms with Crippen molar-refractivity contribution in [3.8, 4) is 0 Å². The monoisotopic (exact) mass is 236 g/mol. The van der Waals surface area contributed by atoms with Crippen molar-refractivity contribution in [3.63, 3.8) is 0 Å². The van der Waals surface area contributed by atoms with Gasteiger partial charge >= 0.3 is 0 Å². The summed E-state index contributed by atoms with van der Waals surface area (Å²) in [6.45, 7) is 6.03. The molecular formula is C12H16N2OS. The van der Waals surface area contributed by atoms with Crippen LogP contribution in [0.1, 0.15) is 33.1 Å². The molecule has 0 aliphatic heterocycles. The maximum absolute atomic E-state index is 6.07. The van der Waals surface area contributed by atoms with Gasteiger partial charge in [-0.2, -0.15) is 0 Å². The summed E-state index contributed by atoms with van der Waals surface area (Å²) in [7, 11) is 0. The smallest absolute Gasteiger partial charge is 0.121 e. The molecule has 2 rings (SSSR count). The lowest BCUT2D eigenvalue weighted by Gasteiger charge is -2.05. The minimum atomic E-state index is -0.0985. The molecule has 0 saturated carbocycles. The molecule has 0 spiro atoms. The van der Waals surface area contributed by atoms with Crippen molar-refractivity contribution in [1.29, 1.82) is 0 Å². The zero-order valence-electron chi connectivity index (χ0n) is 9.78. The summed E-state index contributed by atoms with van der Waals surface area (Å²) in [6, 6.07) is 3.78. The third-order valence-corrected chi connectivity index (χ3v) is 3.69. The highest BCUT2D eigenvalue weighted by Gasteiger charge is 2.13. The molecule has 0 bridgehead atoms. The van der Waals surface area contributed by atoms with Crippen LogP contribution in [0.25, 0.3) is 0 Å². The molecule has 1 atom stereocenters. The van der Waals surface area contributed by atoms with Gasteiger partial charge in [0, 0.05) is 11.3 Å². The van der Waals surface area contributed by atoms with Crippen molar-refractivity contribution in [2.75, 3.05) is 0 Å². The summed E-state index contributed by atoms with van der Waals surface area (Å²) in [5.41, 5.74) is 7.17. The zero-order chi connectivity index (χ0) is 11.7. The van der Waals surface area contributed by atoms with Gasteiger partial charge in [-0.3, -0.25) is 0 Å². The molecule has 3 nitrogen and oxygen atoms in total. The van der Waals surface area contributed by atoms with Gasteiger partial charge in [0.2, 0.25) is 0 Å². The van der Waals surface area contributed by atoms with Gasteiger partial charge < -0.3 is 10.2 Å². The quantitative estimate of drug-likeness (QED) is 0.891. The Kier molecular flexibility index (Phi) is 3.12. The van der Waals surface area contributed by atoms with Crippen molar-refractivity contribution in [2.45, 2.75) is 33.2 Å². The number of nitrogens with two attached hydrogens (primary N) is 1. The SMILES string of the molecule is Cc1ccc(C(N)Cc2nc(C)c(C)s2)o1. The van der Waals surface area contributed by atoms with E-state index >= 15 is 0 Å². The molecule has 2 aromatic heterocycles. The van der Waals surface area contributed by atoms with Gasteiger partial charge in [0.1, 0.15) is 11.5 Å². The first kappa shape index (κ1) is 11.4. The number of nitrogens with zero attached hydrogens (tertiary/aromatic N) is 1. The summed E-state index contributed by atoms with van der Waals surface area (Å²) in [5, 5.41) is 1.08. The van der Waals surface area contributed by atoms with Crippen molar-refractivity contribution in [3.05, 3.63) is 39.2 Å². The molecule has 1 unspecified atom stereocenters. The molecule has 2 N–H and O–H groups in total. The average molecular weight is 236 g/mol. The van der Waals surface area contributed by atoms with Crippen molar-refractivity contribution >= 4 is 11.3 Å². The van der Waals surface area contributed by atoms with Crippen molar-refractivity contribution in [2.24, 2.45) is 5.73 Å². The van der Waals surface area contributed by atoms with E-state index in [9.17, 15) is 0 Å². The lowest BCUT2D eigenvalue weighted by Crippen LogP contribution is -2.12. The average Bonchev–Trinajstić information content (AvgIpc) is 2.75. The molecule has 4 heteroatoms. The predicted molar refractivity (Wildman–Crippen MR) is 65.7 cm³/mol. The Bertz CT molecular complexity index is 467. The lowest BCUT2D eigenvalue weighted by molar-refractivity contribution is 0.444. The Morgan fingerprint density at radius 1 is 1.38 bits per heavy atom. The van der Waals surface area contributed by atoms with Gasteiger partial charge in [-0.05, 0) is 32.9 Å². The van der Waals surface area contributed by atoms with Gasteiger partial charge in [-0.25, -0.2) is 4.98 Å². The Hall–Kier alpha value is -1.13. The standard InChI is InChI=1S/C12H16N2OS/c1-7-4-5-11(15-7)10(13)6-12-14-8(2)9(3)16-12/h4-5,10H,6,13H2,1-3H3. The molecule has 0 aliphatic carbocycles. The second kappa shape index (κ2) is 4.39. The Morgan fingerprint density at radius 3 is 2.62 bits per heavy atom. The molecule has 86 valence electrons. The highest BCUT2D eigenvalue weighted by atomic mass is 32.1. The van der Waals surface area contributed by atoms with Crippen molar-refractivity contribution in [1.82, 2.24) is 4.98 Å². The molecule has 0 aromatic carbocycles. The zero-order valence-corrected chi connectivity index (χ0v) is 10.6. The van der Waals surface area contributed by atoms with Crippen LogP contribution in [0.2, 0.25) is 0 Å². The van der Waals surface area contributed by atoms with Crippen LogP contribution in [-0.4, -0.2) is 4.98 Å².